The van der Waals surface area contributed by atoms with Crippen LogP contribution in [0, 0.1) is 6.92 Å². The molecule has 2 aromatic heterocycles. The van der Waals surface area contributed by atoms with Crippen LogP contribution in [0.1, 0.15) is 16.1 Å². The van der Waals surface area contributed by atoms with Crippen molar-refractivity contribution in [3.8, 4) is 0 Å². The standard InChI is InChI=1S/C12H12N4O2/c1-7-4-8(6-14-5-7)15-11-9(13)2-3-10(16-11)12(17)18/h2-6H,13H2,1H3,(H,15,16)(H,17,18). The molecule has 0 unspecified atom stereocenters. The van der Waals surface area contributed by atoms with Gasteiger partial charge in [0.25, 0.3) is 0 Å². The third kappa shape index (κ3) is 2.54. The predicted octanol–water partition coefficient (Wildman–Crippen LogP) is 1.81. The maximum atomic E-state index is 10.8. The maximum absolute atomic E-state index is 10.8. The van der Waals surface area contributed by atoms with E-state index in [-0.39, 0.29) is 5.69 Å². The first-order chi connectivity index (χ1) is 8.56. The first-order valence-corrected chi connectivity index (χ1v) is 5.25. The number of anilines is 3. The number of nitrogens with zero attached hydrogens (tertiary/aromatic N) is 2. The van der Waals surface area contributed by atoms with Crippen LogP contribution in [0.2, 0.25) is 0 Å². The number of nitrogens with two attached hydrogens (primary N) is 1. The molecule has 0 aliphatic carbocycles. The fourth-order valence-electron chi connectivity index (χ4n) is 1.45. The SMILES string of the molecule is Cc1cncc(Nc2nc(C(=O)O)ccc2N)c1. The first-order valence-electron chi connectivity index (χ1n) is 5.25. The van der Waals surface area contributed by atoms with Gasteiger partial charge in [0.05, 0.1) is 17.6 Å². The minimum Gasteiger partial charge on any atom is -0.477 e. The number of carbonyl (C=O) groups is 1. The maximum Gasteiger partial charge on any atom is 0.354 e. The van der Waals surface area contributed by atoms with Crippen molar-refractivity contribution >= 4 is 23.2 Å². The van der Waals surface area contributed by atoms with Crippen LogP contribution in [0.15, 0.2) is 30.6 Å². The van der Waals surface area contributed by atoms with E-state index >= 15 is 0 Å². The van der Waals surface area contributed by atoms with Crippen molar-refractivity contribution in [2.24, 2.45) is 0 Å². The van der Waals surface area contributed by atoms with E-state index in [9.17, 15) is 4.79 Å². The van der Waals surface area contributed by atoms with Gasteiger partial charge >= 0.3 is 5.97 Å². The third-order valence-corrected chi connectivity index (χ3v) is 2.28. The number of hydrogen-bond donors (Lipinski definition) is 3. The quantitative estimate of drug-likeness (QED) is 0.761. The topological polar surface area (TPSA) is 101 Å². The van der Waals surface area contributed by atoms with E-state index in [0.29, 0.717) is 17.2 Å². The molecule has 4 N–H and O–H groups in total. The third-order valence-electron chi connectivity index (χ3n) is 2.28. The minimum absolute atomic E-state index is 0.0627. The van der Waals surface area contributed by atoms with E-state index in [4.69, 9.17) is 10.8 Å². The molecule has 0 atom stereocenters. The lowest BCUT2D eigenvalue weighted by molar-refractivity contribution is 0.0690. The molecule has 0 bridgehead atoms. The fourth-order valence-corrected chi connectivity index (χ4v) is 1.45. The van der Waals surface area contributed by atoms with Crippen molar-refractivity contribution in [2.75, 3.05) is 11.1 Å². The van der Waals surface area contributed by atoms with Gasteiger partial charge in [0, 0.05) is 6.20 Å². The Labute approximate surface area is 104 Å². The van der Waals surface area contributed by atoms with Gasteiger partial charge in [-0.05, 0) is 30.7 Å². The Morgan fingerprint density at radius 3 is 2.83 bits per heavy atom. The summed E-state index contributed by atoms with van der Waals surface area (Å²) < 4.78 is 0. The summed E-state index contributed by atoms with van der Waals surface area (Å²) in [5, 5.41) is 11.8. The molecule has 0 aliphatic heterocycles. The zero-order valence-corrected chi connectivity index (χ0v) is 9.71. The van der Waals surface area contributed by atoms with Crippen molar-refractivity contribution in [3.63, 3.8) is 0 Å². The van der Waals surface area contributed by atoms with Gasteiger partial charge in [-0.3, -0.25) is 4.98 Å². The summed E-state index contributed by atoms with van der Waals surface area (Å²) in [6.07, 6.45) is 3.33. The van der Waals surface area contributed by atoms with Crippen LogP contribution in [-0.2, 0) is 0 Å². The molecular formula is C12H12N4O2. The number of carboxylic acids is 1. The molecule has 0 fully saturated rings. The Balaban J connectivity index is 2.33. The molecule has 6 heteroatoms. The number of aryl methyl sites for hydroxylation is 1. The molecular weight excluding hydrogens is 232 g/mol. The van der Waals surface area contributed by atoms with Crippen molar-refractivity contribution in [2.45, 2.75) is 6.92 Å². The Morgan fingerprint density at radius 2 is 2.17 bits per heavy atom. The number of aromatic nitrogens is 2. The summed E-state index contributed by atoms with van der Waals surface area (Å²) in [6.45, 7) is 1.91. The van der Waals surface area contributed by atoms with E-state index in [0.717, 1.165) is 5.56 Å². The summed E-state index contributed by atoms with van der Waals surface area (Å²) in [4.78, 5) is 18.8. The largest absolute Gasteiger partial charge is 0.477 e. The molecule has 2 heterocycles. The Bertz CT molecular complexity index is 598. The predicted molar refractivity (Wildman–Crippen MR) is 67.9 cm³/mol. The summed E-state index contributed by atoms with van der Waals surface area (Å²) in [5.74, 6) is -0.789. The fraction of sp³-hybridized carbons (Fsp3) is 0.0833. The van der Waals surface area contributed by atoms with Crippen LogP contribution in [0.4, 0.5) is 17.2 Å². The number of pyridine rings is 2. The van der Waals surface area contributed by atoms with Gasteiger partial charge in [-0.1, -0.05) is 0 Å². The van der Waals surface area contributed by atoms with E-state index in [1.165, 1.54) is 12.1 Å². The Kier molecular flexibility index (Phi) is 3.09. The van der Waals surface area contributed by atoms with Crippen molar-refractivity contribution in [1.82, 2.24) is 9.97 Å². The van der Waals surface area contributed by atoms with Gasteiger partial charge in [-0.2, -0.15) is 0 Å². The average Bonchev–Trinajstić information content (AvgIpc) is 2.31. The highest BCUT2D eigenvalue weighted by molar-refractivity contribution is 5.87. The highest BCUT2D eigenvalue weighted by Crippen LogP contribution is 2.21. The van der Waals surface area contributed by atoms with Crippen molar-refractivity contribution < 1.29 is 9.90 Å². The van der Waals surface area contributed by atoms with Gasteiger partial charge in [0.1, 0.15) is 0 Å². The number of nitrogen functional groups attached to an aromatic ring is 1. The second-order valence-corrected chi connectivity index (χ2v) is 3.82. The number of nitrogens with one attached hydrogen (secondary N) is 1. The van der Waals surface area contributed by atoms with Gasteiger partial charge < -0.3 is 16.2 Å². The molecule has 2 aromatic rings. The molecule has 0 saturated heterocycles. The summed E-state index contributed by atoms with van der Waals surface area (Å²) in [5.41, 5.74) is 7.74. The molecule has 0 saturated carbocycles. The summed E-state index contributed by atoms with van der Waals surface area (Å²) >= 11 is 0. The highest BCUT2D eigenvalue weighted by atomic mass is 16.4. The molecule has 6 nitrogen and oxygen atoms in total. The van der Waals surface area contributed by atoms with Crippen LogP contribution in [0.5, 0.6) is 0 Å². The molecule has 0 aromatic carbocycles. The molecule has 92 valence electrons. The van der Waals surface area contributed by atoms with E-state index in [2.05, 4.69) is 15.3 Å². The first kappa shape index (κ1) is 11.8. The van der Waals surface area contributed by atoms with E-state index in [1.807, 2.05) is 13.0 Å². The molecule has 18 heavy (non-hydrogen) atoms. The lowest BCUT2D eigenvalue weighted by atomic mass is 10.3. The zero-order chi connectivity index (χ0) is 13.1. The van der Waals surface area contributed by atoms with Crippen LogP contribution in [0.3, 0.4) is 0 Å². The second-order valence-electron chi connectivity index (χ2n) is 3.82. The summed E-state index contributed by atoms with van der Waals surface area (Å²) in [6, 6.07) is 4.72. The Hall–Kier alpha value is -2.63. The van der Waals surface area contributed by atoms with Crippen LogP contribution in [-0.4, -0.2) is 21.0 Å². The average molecular weight is 244 g/mol. The van der Waals surface area contributed by atoms with Crippen molar-refractivity contribution in [3.05, 3.63) is 41.9 Å². The number of aromatic carboxylic acids is 1. The highest BCUT2D eigenvalue weighted by Gasteiger charge is 2.08. The smallest absolute Gasteiger partial charge is 0.354 e. The minimum atomic E-state index is -1.10. The number of hydrogen-bond acceptors (Lipinski definition) is 5. The number of rotatable bonds is 3. The molecule has 2 rings (SSSR count). The van der Waals surface area contributed by atoms with Crippen LogP contribution in [0.25, 0.3) is 0 Å². The van der Waals surface area contributed by atoms with Gasteiger partial charge in [0.15, 0.2) is 11.5 Å². The number of carboxylic acid groups (broad SMARTS) is 1. The molecule has 0 radical (unpaired) electrons. The van der Waals surface area contributed by atoms with Gasteiger partial charge in [-0.15, -0.1) is 0 Å². The summed E-state index contributed by atoms with van der Waals surface area (Å²) in [7, 11) is 0. The van der Waals surface area contributed by atoms with Crippen molar-refractivity contribution in [1.29, 1.82) is 0 Å². The lowest BCUT2D eigenvalue weighted by Gasteiger charge is -2.09. The Morgan fingerprint density at radius 1 is 1.39 bits per heavy atom. The molecule has 0 amide bonds. The van der Waals surface area contributed by atoms with Gasteiger partial charge in [0.2, 0.25) is 0 Å². The second kappa shape index (κ2) is 4.70. The van der Waals surface area contributed by atoms with Crippen LogP contribution < -0.4 is 11.1 Å². The molecule has 0 aliphatic rings. The molecule has 0 spiro atoms. The zero-order valence-electron chi connectivity index (χ0n) is 9.71. The van der Waals surface area contributed by atoms with E-state index in [1.54, 1.807) is 12.4 Å². The van der Waals surface area contributed by atoms with Crippen LogP contribution >= 0.6 is 0 Å². The van der Waals surface area contributed by atoms with E-state index < -0.39 is 5.97 Å². The van der Waals surface area contributed by atoms with Gasteiger partial charge in [-0.25, -0.2) is 9.78 Å². The lowest BCUT2D eigenvalue weighted by Crippen LogP contribution is -2.06. The monoisotopic (exact) mass is 244 g/mol. The normalized spacial score (nSPS) is 10.1.